The van der Waals surface area contributed by atoms with E-state index >= 15 is 0 Å². The maximum atomic E-state index is 12.3. The highest BCUT2D eigenvalue weighted by atomic mass is 16.2. The summed E-state index contributed by atoms with van der Waals surface area (Å²) < 4.78 is 0. The highest BCUT2D eigenvalue weighted by Gasteiger charge is 2.36. The van der Waals surface area contributed by atoms with E-state index in [0.29, 0.717) is 6.42 Å². The van der Waals surface area contributed by atoms with Gasteiger partial charge >= 0.3 is 0 Å². The molecule has 1 heterocycles. The standard InChI is InChI=1S/C17H33N3O/c1-3-4-10-19(2)14-15-6-11-20(12-7-15)16(21)13-17(18)8-5-9-17/h15H,3-14,18H2,1-2H3. The van der Waals surface area contributed by atoms with Gasteiger partial charge in [0.05, 0.1) is 0 Å². The fourth-order valence-electron chi connectivity index (χ4n) is 3.55. The molecule has 0 atom stereocenters. The van der Waals surface area contributed by atoms with Gasteiger partial charge in [-0.15, -0.1) is 0 Å². The van der Waals surface area contributed by atoms with E-state index < -0.39 is 0 Å². The van der Waals surface area contributed by atoms with Crippen molar-refractivity contribution in [3.05, 3.63) is 0 Å². The lowest BCUT2D eigenvalue weighted by Gasteiger charge is -2.40. The first kappa shape index (κ1) is 16.8. The third kappa shape index (κ3) is 4.96. The number of rotatable bonds is 7. The number of unbranched alkanes of at least 4 members (excludes halogenated alkanes) is 1. The molecule has 0 bridgehead atoms. The van der Waals surface area contributed by atoms with Crippen LogP contribution in [0.4, 0.5) is 0 Å². The van der Waals surface area contributed by atoms with E-state index in [1.54, 1.807) is 0 Å². The van der Waals surface area contributed by atoms with Crippen molar-refractivity contribution in [2.45, 2.75) is 63.8 Å². The van der Waals surface area contributed by atoms with Crippen LogP contribution in [0.25, 0.3) is 0 Å². The maximum Gasteiger partial charge on any atom is 0.224 e. The van der Waals surface area contributed by atoms with Crippen LogP contribution in [0.1, 0.15) is 58.3 Å². The van der Waals surface area contributed by atoms with Crippen molar-refractivity contribution in [2.24, 2.45) is 11.7 Å². The molecule has 1 amide bonds. The van der Waals surface area contributed by atoms with E-state index in [-0.39, 0.29) is 11.4 Å². The first-order chi connectivity index (χ1) is 10.0. The van der Waals surface area contributed by atoms with Crippen LogP contribution in [0.3, 0.4) is 0 Å². The second-order valence-corrected chi connectivity index (χ2v) is 7.33. The molecule has 1 aliphatic carbocycles. The summed E-state index contributed by atoms with van der Waals surface area (Å²) in [7, 11) is 2.22. The summed E-state index contributed by atoms with van der Waals surface area (Å²) in [4.78, 5) is 16.8. The Bertz CT molecular complexity index is 333. The molecular formula is C17H33N3O. The van der Waals surface area contributed by atoms with Crippen molar-refractivity contribution in [3.63, 3.8) is 0 Å². The van der Waals surface area contributed by atoms with Crippen molar-refractivity contribution >= 4 is 5.91 Å². The molecule has 0 aromatic heterocycles. The number of nitrogens with two attached hydrogens (primary N) is 1. The van der Waals surface area contributed by atoms with Gasteiger partial charge in [0.2, 0.25) is 5.91 Å². The quantitative estimate of drug-likeness (QED) is 0.783. The molecule has 0 aromatic rings. The molecule has 2 N–H and O–H groups in total. The van der Waals surface area contributed by atoms with Gasteiger partial charge in [-0.2, -0.15) is 0 Å². The Morgan fingerprint density at radius 1 is 1.33 bits per heavy atom. The van der Waals surface area contributed by atoms with Gasteiger partial charge in [0.25, 0.3) is 0 Å². The summed E-state index contributed by atoms with van der Waals surface area (Å²) in [6.07, 6.45) is 8.66. The Morgan fingerprint density at radius 3 is 2.52 bits per heavy atom. The van der Waals surface area contributed by atoms with E-state index in [0.717, 1.165) is 44.7 Å². The van der Waals surface area contributed by atoms with Gasteiger partial charge in [0.15, 0.2) is 0 Å². The summed E-state index contributed by atoms with van der Waals surface area (Å²) in [6.45, 7) is 6.49. The largest absolute Gasteiger partial charge is 0.343 e. The molecule has 21 heavy (non-hydrogen) atoms. The zero-order valence-corrected chi connectivity index (χ0v) is 13.9. The highest BCUT2D eigenvalue weighted by Crippen LogP contribution is 2.33. The minimum Gasteiger partial charge on any atom is -0.343 e. The lowest BCUT2D eigenvalue weighted by molar-refractivity contribution is -0.134. The molecule has 1 aliphatic heterocycles. The Morgan fingerprint density at radius 2 is 2.00 bits per heavy atom. The van der Waals surface area contributed by atoms with Crippen LogP contribution in [0.15, 0.2) is 0 Å². The summed E-state index contributed by atoms with van der Waals surface area (Å²) in [6, 6.07) is 0. The molecule has 2 rings (SSSR count). The van der Waals surface area contributed by atoms with Crippen molar-refractivity contribution in [1.29, 1.82) is 0 Å². The van der Waals surface area contributed by atoms with Crippen LogP contribution in [0.2, 0.25) is 0 Å². The van der Waals surface area contributed by atoms with Crippen LogP contribution in [-0.2, 0) is 4.79 Å². The maximum absolute atomic E-state index is 12.3. The second kappa shape index (κ2) is 7.59. The van der Waals surface area contributed by atoms with Crippen molar-refractivity contribution < 1.29 is 4.79 Å². The van der Waals surface area contributed by atoms with Crippen LogP contribution in [-0.4, -0.2) is 54.5 Å². The predicted octanol–water partition coefficient (Wildman–Crippen LogP) is 2.23. The number of piperidine rings is 1. The molecule has 0 spiro atoms. The third-order valence-corrected chi connectivity index (χ3v) is 5.28. The lowest BCUT2D eigenvalue weighted by atomic mass is 9.75. The number of amides is 1. The molecule has 0 radical (unpaired) electrons. The summed E-state index contributed by atoms with van der Waals surface area (Å²) in [5.74, 6) is 1.04. The fourth-order valence-corrected chi connectivity index (χ4v) is 3.55. The minimum absolute atomic E-state index is 0.172. The SMILES string of the molecule is CCCCN(C)CC1CCN(C(=O)CC2(N)CCC2)CC1. The van der Waals surface area contributed by atoms with E-state index in [1.165, 1.54) is 32.4 Å². The Labute approximate surface area is 130 Å². The molecule has 0 aromatic carbocycles. The first-order valence-electron chi connectivity index (χ1n) is 8.77. The van der Waals surface area contributed by atoms with Gasteiger partial charge in [-0.25, -0.2) is 0 Å². The smallest absolute Gasteiger partial charge is 0.224 e. The lowest BCUT2D eigenvalue weighted by Crippen LogP contribution is -2.51. The molecular weight excluding hydrogens is 262 g/mol. The van der Waals surface area contributed by atoms with Crippen LogP contribution in [0.5, 0.6) is 0 Å². The second-order valence-electron chi connectivity index (χ2n) is 7.33. The highest BCUT2D eigenvalue weighted by molar-refractivity contribution is 5.77. The summed E-state index contributed by atoms with van der Waals surface area (Å²) >= 11 is 0. The molecule has 2 fully saturated rings. The average Bonchev–Trinajstić information content (AvgIpc) is 2.44. The molecule has 4 nitrogen and oxygen atoms in total. The van der Waals surface area contributed by atoms with Gasteiger partial charge in [-0.3, -0.25) is 4.79 Å². The number of likely N-dealkylation sites (tertiary alicyclic amines) is 1. The number of hydrogen-bond acceptors (Lipinski definition) is 3. The zero-order valence-electron chi connectivity index (χ0n) is 13.9. The molecule has 0 unspecified atom stereocenters. The van der Waals surface area contributed by atoms with Crippen LogP contribution in [0, 0.1) is 5.92 Å². The van der Waals surface area contributed by atoms with Gasteiger partial charge in [0, 0.05) is 31.6 Å². The number of hydrogen-bond donors (Lipinski definition) is 1. The zero-order chi connectivity index (χ0) is 15.3. The average molecular weight is 295 g/mol. The van der Waals surface area contributed by atoms with Crippen molar-refractivity contribution in [1.82, 2.24) is 9.80 Å². The minimum atomic E-state index is -0.172. The van der Waals surface area contributed by atoms with Gasteiger partial charge in [-0.05, 0) is 58.0 Å². The van der Waals surface area contributed by atoms with Crippen LogP contribution >= 0.6 is 0 Å². The molecule has 1 saturated heterocycles. The van der Waals surface area contributed by atoms with Gasteiger partial charge in [-0.1, -0.05) is 13.3 Å². The fraction of sp³-hybridized carbons (Fsp3) is 0.941. The third-order valence-electron chi connectivity index (χ3n) is 5.28. The van der Waals surface area contributed by atoms with Crippen molar-refractivity contribution in [2.75, 3.05) is 33.2 Å². The molecule has 1 saturated carbocycles. The Hall–Kier alpha value is -0.610. The van der Waals surface area contributed by atoms with Crippen LogP contribution < -0.4 is 5.73 Å². The number of carbonyl (C=O) groups is 1. The number of nitrogens with zero attached hydrogens (tertiary/aromatic N) is 2. The van der Waals surface area contributed by atoms with E-state index in [9.17, 15) is 4.79 Å². The van der Waals surface area contributed by atoms with E-state index in [2.05, 4.69) is 23.8 Å². The van der Waals surface area contributed by atoms with Gasteiger partial charge < -0.3 is 15.5 Å². The summed E-state index contributed by atoms with van der Waals surface area (Å²) in [5, 5.41) is 0. The molecule has 122 valence electrons. The summed E-state index contributed by atoms with van der Waals surface area (Å²) in [5.41, 5.74) is 6.02. The molecule has 2 aliphatic rings. The Kier molecular flexibility index (Phi) is 6.06. The normalized spacial score (nSPS) is 22.4. The van der Waals surface area contributed by atoms with Crippen molar-refractivity contribution in [3.8, 4) is 0 Å². The van der Waals surface area contributed by atoms with Gasteiger partial charge in [0.1, 0.15) is 0 Å². The topological polar surface area (TPSA) is 49.6 Å². The molecule has 4 heteroatoms. The first-order valence-corrected chi connectivity index (χ1v) is 8.77. The van der Waals surface area contributed by atoms with E-state index in [1.807, 2.05) is 0 Å². The number of carbonyl (C=O) groups excluding carboxylic acids is 1. The monoisotopic (exact) mass is 295 g/mol. The predicted molar refractivity (Wildman–Crippen MR) is 87.1 cm³/mol. The van der Waals surface area contributed by atoms with E-state index in [4.69, 9.17) is 5.73 Å². The Balaban J connectivity index is 1.66.